The average molecular weight is 410 g/mol. The molecule has 1 nitrogen and oxygen atoms in total. The molecule has 4 aromatic carbocycles. The van der Waals surface area contributed by atoms with Gasteiger partial charge in [0.2, 0.25) is 0 Å². The van der Waals surface area contributed by atoms with E-state index in [9.17, 15) is 0 Å². The van der Waals surface area contributed by atoms with Crippen LogP contribution in [-0.2, 0) is 0 Å². The van der Waals surface area contributed by atoms with E-state index in [1.807, 2.05) is 30.3 Å². The van der Waals surface area contributed by atoms with Crippen LogP contribution in [0.3, 0.4) is 0 Å². The Kier molecular flexibility index (Phi) is 5.72. The van der Waals surface area contributed by atoms with Crippen molar-refractivity contribution < 1.29 is 0 Å². The van der Waals surface area contributed by atoms with Crippen LogP contribution in [0.5, 0.6) is 0 Å². The molecule has 0 spiro atoms. The van der Waals surface area contributed by atoms with Crippen LogP contribution in [0, 0.1) is 0 Å². The molecule has 0 atom stereocenters. The first-order chi connectivity index (χ1) is 15.8. The SMILES string of the molecule is C(=Cc1cc(C=Cc2ccccc2)c2ccc(-c3ccccc3)cc2n1)c1ccccc1. The summed E-state index contributed by atoms with van der Waals surface area (Å²) in [5, 5.41) is 1.15. The molecular formula is C31H23N. The van der Waals surface area contributed by atoms with Gasteiger partial charge in [0.1, 0.15) is 0 Å². The molecule has 0 bridgehead atoms. The zero-order valence-corrected chi connectivity index (χ0v) is 17.7. The van der Waals surface area contributed by atoms with Gasteiger partial charge in [-0.1, -0.05) is 121 Å². The minimum Gasteiger partial charge on any atom is -0.248 e. The van der Waals surface area contributed by atoms with Crippen molar-refractivity contribution in [3.05, 3.63) is 138 Å². The summed E-state index contributed by atoms with van der Waals surface area (Å²) < 4.78 is 0. The first-order valence-electron chi connectivity index (χ1n) is 10.8. The van der Waals surface area contributed by atoms with E-state index in [-0.39, 0.29) is 0 Å². The van der Waals surface area contributed by atoms with E-state index < -0.39 is 0 Å². The van der Waals surface area contributed by atoms with E-state index in [0.717, 1.165) is 27.7 Å². The molecule has 0 saturated heterocycles. The number of aromatic nitrogens is 1. The third-order valence-corrected chi connectivity index (χ3v) is 5.47. The molecular weight excluding hydrogens is 386 g/mol. The summed E-state index contributed by atoms with van der Waals surface area (Å²) in [5.41, 5.74) is 7.81. The third kappa shape index (κ3) is 4.58. The number of pyridine rings is 1. The van der Waals surface area contributed by atoms with Gasteiger partial charge >= 0.3 is 0 Å². The zero-order valence-electron chi connectivity index (χ0n) is 17.7. The third-order valence-electron chi connectivity index (χ3n) is 5.47. The second-order valence-corrected chi connectivity index (χ2v) is 7.72. The molecule has 0 aliphatic heterocycles. The highest BCUT2D eigenvalue weighted by Crippen LogP contribution is 2.27. The van der Waals surface area contributed by atoms with Crippen molar-refractivity contribution in [2.24, 2.45) is 0 Å². The number of hydrogen-bond acceptors (Lipinski definition) is 1. The molecule has 0 aliphatic carbocycles. The maximum Gasteiger partial charge on any atom is 0.0721 e. The normalized spacial score (nSPS) is 11.5. The number of benzene rings is 4. The second-order valence-electron chi connectivity index (χ2n) is 7.72. The minimum absolute atomic E-state index is 0.944. The van der Waals surface area contributed by atoms with Gasteiger partial charge in [0, 0.05) is 5.39 Å². The van der Waals surface area contributed by atoms with Gasteiger partial charge in [0.05, 0.1) is 11.2 Å². The molecule has 152 valence electrons. The maximum absolute atomic E-state index is 4.97. The van der Waals surface area contributed by atoms with Crippen molar-refractivity contribution in [2.75, 3.05) is 0 Å². The predicted octanol–water partition coefficient (Wildman–Crippen LogP) is 8.24. The van der Waals surface area contributed by atoms with E-state index in [1.54, 1.807) is 0 Å². The predicted molar refractivity (Wildman–Crippen MR) is 138 cm³/mol. The molecule has 32 heavy (non-hydrogen) atoms. The molecule has 0 saturated carbocycles. The van der Waals surface area contributed by atoms with Crippen molar-refractivity contribution in [3.63, 3.8) is 0 Å². The van der Waals surface area contributed by atoms with Gasteiger partial charge in [-0.05, 0) is 46.0 Å². The number of rotatable bonds is 5. The highest BCUT2D eigenvalue weighted by Gasteiger charge is 2.06. The van der Waals surface area contributed by atoms with E-state index in [0.29, 0.717) is 0 Å². The van der Waals surface area contributed by atoms with Gasteiger partial charge in [-0.2, -0.15) is 0 Å². The van der Waals surface area contributed by atoms with Crippen molar-refractivity contribution in [1.29, 1.82) is 0 Å². The quantitative estimate of drug-likeness (QED) is 0.285. The number of nitrogens with zero attached hydrogens (tertiary/aromatic N) is 1. The minimum atomic E-state index is 0.944. The summed E-state index contributed by atoms with van der Waals surface area (Å²) in [6.07, 6.45) is 8.54. The fourth-order valence-electron chi connectivity index (χ4n) is 3.81. The zero-order chi connectivity index (χ0) is 21.6. The van der Waals surface area contributed by atoms with Crippen LogP contribution in [0.15, 0.2) is 115 Å². The standard InChI is InChI=1S/C31H23N/c1-4-10-24(11-5-1)16-18-28-22-29(20-17-25-12-6-2-7-13-25)32-31-23-27(19-21-30(28)31)26-14-8-3-9-15-26/h1-23H. The van der Waals surface area contributed by atoms with Crippen LogP contribution >= 0.6 is 0 Å². The van der Waals surface area contributed by atoms with Crippen molar-refractivity contribution in [3.8, 4) is 11.1 Å². The Hall–Kier alpha value is -4.23. The summed E-state index contributed by atoms with van der Waals surface area (Å²) in [6, 6.07) is 39.9. The molecule has 0 N–H and O–H groups in total. The number of fused-ring (bicyclic) bond motifs is 1. The lowest BCUT2D eigenvalue weighted by molar-refractivity contribution is 1.37. The summed E-state index contributed by atoms with van der Waals surface area (Å²) in [5.74, 6) is 0. The number of hydrogen-bond donors (Lipinski definition) is 0. The molecule has 1 heterocycles. The smallest absolute Gasteiger partial charge is 0.0721 e. The molecule has 1 heteroatoms. The van der Waals surface area contributed by atoms with E-state index in [2.05, 4.69) is 109 Å². The van der Waals surface area contributed by atoms with Crippen molar-refractivity contribution >= 4 is 35.2 Å². The Balaban J connectivity index is 1.60. The van der Waals surface area contributed by atoms with Gasteiger partial charge < -0.3 is 0 Å². The maximum atomic E-state index is 4.97. The monoisotopic (exact) mass is 409 g/mol. The lowest BCUT2D eigenvalue weighted by Gasteiger charge is -2.08. The highest BCUT2D eigenvalue weighted by atomic mass is 14.7. The van der Waals surface area contributed by atoms with Crippen LogP contribution in [0.4, 0.5) is 0 Å². The largest absolute Gasteiger partial charge is 0.248 e. The average Bonchev–Trinajstić information content (AvgIpc) is 2.87. The molecule has 0 radical (unpaired) electrons. The van der Waals surface area contributed by atoms with Crippen molar-refractivity contribution in [2.45, 2.75) is 0 Å². The first kappa shape index (κ1) is 19.7. The molecule has 5 rings (SSSR count). The molecule has 1 aromatic heterocycles. The van der Waals surface area contributed by atoms with Crippen molar-refractivity contribution in [1.82, 2.24) is 4.98 Å². The van der Waals surface area contributed by atoms with Crippen LogP contribution in [0.2, 0.25) is 0 Å². The van der Waals surface area contributed by atoms with Gasteiger partial charge in [-0.15, -0.1) is 0 Å². The Morgan fingerprint density at radius 3 is 1.72 bits per heavy atom. The molecule has 0 amide bonds. The van der Waals surface area contributed by atoms with Gasteiger partial charge in [0.15, 0.2) is 0 Å². The summed E-state index contributed by atoms with van der Waals surface area (Å²) in [6.45, 7) is 0. The van der Waals surface area contributed by atoms with Crippen LogP contribution < -0.4 is 0 Å². The molecule has 0 fully saturated rings. The summed E-state index contributed by atoms with van der Waals surface area (Å²) in [7, 11) is 0. The summed E-state index contributed by atoms with van der Waals surface area (Å²) >= 11 is 0. The fraction of sp³-hybridized carbons (Fsp3) is 0. The Morgan fingerprint density at radius 2 is 1.06 bits per heavy atom. The lowest BCUT2D eigenvalue weighted by Crippen LogP contribution is -1.89. The topological polar surface area (TPSA) is 12.9 Å². The molecule has 0 unspecified atom stereocenters. The first-order valence-corrected chi connectivity index (χ1v) is 10.8. The van der Waals surface area contributed by atoms with Crippen LogP contribution in [-0.4, -0.2) is 4.98 Å². The molecule has 0 aliphatic rings. The van der Waals surface area contributed by atoms with E-state index in [1.165, 1.54) is 16.7 Å². The fourth-order valence-corrected chi connectivity index (χ4v) is 3.81. The van der Waals surface area contributed by atoms with Gasteiger partial charge in [0.25, 0.3) is 0 Å². The molecule has 5 aromatic rings. The highest BCUT2D eigenvalue weighted by molar-refractivity contribution is 5.94. The van der Waals surface area contributed by atoms with E-state index >= 15 is 0 Å². The van der Waals surface area contributed by atoms with Crippen LogP contribution in [0.25, 0.3) is 46.3 Å². The second kappa shape index (κ2) is 9.28. The Morgan fingerprint density at radius 1 is 0.469 bits per heavy atom. The van der Waals surface area contributed by atoms with E-state index in [4.69, 9.17) is 4.98 Å². The van der Waals surface area contributed by atoms with Gasteiger partial charge in [-0.3, -0.25) is 0 Å². The lowest BCUT2D eigenvalue weighted by atomic mass is 10.00. The Bertz CT molecular complexity index is 1380. The Labute approximate surface area is 189 Å². The summed E-state index contributed by atoms with van der Waals surface area (Å²) in [4.78, 5) is 4.97. The van der Waals surface area contributed by atoms with Crippen LogP contribution in [0.1, 0.15) is 22.4 Å². The van der Waals surface area contributed by atoms with Gasteiger partial charge in [-0.25, -0.2) is 4.98 Å².